The minimum Gasteiger partial charge on any atom is -0.338 e. The van der Waals surface area contributed by atoms with Crippen LogP contribution in [0.5, 0.6) is 0 Å². The first-order valence-electron chi connectivity index (χ1n) is 7.30. The summed E-state index contributed by atoms with van der Waals surface area (Å²) in [6, 6.07) is 20.2. The summed E-state index contributed by atoms with van der Waals surface area (Å²) in [4.78, 5) is 15.0. The van der Waals surface area contributed by atoms with Gasteiger partial charge >= 0.3 is 0 Å². The minimum atomic E-state index is -0.550. The Kier molecular flexibility index (Phi) is 3.61. The fourth-order valence-corrected chi connectivity index (χ4v) is 3.26. The molecule has 106 valence electrons. The molecule has 2 heteroatoms. The zero-order valence-corrected chi connectivity index (χ0v) is 12.0. The number of benzene rings is 2. The average Bonchev–Trinajstić information content (AvgIpc) is 2.88. The molecule has 2 aromatic carbocycles. The van der Waals surface area contributed by atoms with Crippen LogP contribution < -0.4 is 0 Å². The SMILES string of the molecule is C=CCN1CCC(c2ccccc2)(c2ccccc2)C1=O. The quantitative estimate of drug-likeness (QED) is 0.784. The maximum atomic E-state index is 13.1. The monoisotopic (exact) mass is 277 g/mol. The Morgan fingerprint density at radius 1 is 1.00 bits per heavy atom. The predicted molar refractivity (Wildman–Crippen MR) is 85.1 cm³/mol. The molecule has 0 atom stereocenters. The molecule has 0 radical (unpaired) electrons. The molecule has 2 nitrogen and oxygen atoms in total. The first-order chi connectivity index (χ1) is 10.3. The van der Waals surface area contributed by atoms with Gasteiger partial charge in [0.2, 0.25) is 5.91 Å². The highest BCUT2D eigenvalue weighted by atomic mass is 16.2. The maximum absolute atomic E-state index is 13.1. The Labute approximate surface area is 125 Å². The van der Waals surface area contributed by atoms with Crippen LogP contribution in [-0.2, 0) is 10.2 Å². The number of likely N-dealkylation sites (tertiary alicyclic amines) is 1. The van der Waals surface area contributed by atoms with Crippen molar-refractivity contribution in [3.63, 3.8) is 0 Å². The molecule has 1 fully saturated rings. The van der Waals surface area contributed by atoms with E-state index in [4.69, 9.17) is 0 Å². The van der Waals surface area contributed by atoms with Gasteiger partial charge in [-0.25, -0.2) is 0 Å². The maximum Gasteiger partial charge on any atom is 0.238 e. The van der Waals surface area contributed by atoms with Gasteiger partial charge in [0.25, 0.3) is 0 Å². The van der Waals surface area contributed by atoms with E-state index in [9.17, 15) is 4.79 Å². The molecule has 1 aliphatic heterocycles. The van der Waals surface area contributed by atoms with Gasteiger partial charge in [-0.15, -0.1) is 6.58 Å². The highest BCUT2D eigenvalue weighted by molar-refractivity contribution is 5.94. The Morgan fingerprint density at radius 3 is 2.00 bits per heavy atom. The number of rotatable bonds is 4. The summed E-state index contributed by atoms with van der Waals surface area (Å²) in [5, 5.41) is 0. The van der Waals surface area contributed by atoms with Crippen molar-refractivity contribution in [3.8, 4) is 0 Å². The van der Waals surface area contributed by atoms with Crippen LogP contribution in [0.15, 0.2) is 73.3 Å². The van der Waals surface area contributed by atoms with Crippen molar-refractivity contribution in [3.05, 3.63) is 84.4 Å². The zero-order chi connectivity index (χ0) is 14.7. The van der Waals surface area contributed by atoms with Gasteiger partial charge in [0, 0.05) is 13.1 Å². The molecule has 3 rings (SSSR count). The van der Waals surface area contributed by atoms with Gasteiger partial charge in [-0.05, 0) is 17.5 Å². The largest absolute Gasteiger partial charge is 0.338 e. The molecule has 1 heterocycles. The fraction of sp³-hybridized carbons (Fsp3) is 0.211. The molecule has 0 aliphatic carbocycles. The standard InChI is InChI=1S/C19H19NO/c1-2-14-20-15-13-19(18(20)21,16-9-5-3-6-10-16)17-11-7-4-8-12-17/h2-12H,1,13-15H2. The number of carbonyl (C=O) groups excluding carboxylic acids is 1. The number of nitrogens with zero attached hydrogens (tertiary/aromatic N) is 1. The lowest BCUT2D eigenvalue weighted by Crippen LogP contribution is -2.39. The topological polar surface area (TPSA) is 20.3 Å². The summed E-state index contributed by atoms with van der Waals surface area (Å²) in [6.07, 6.45) is 2.61. The van der Waals surface area contributed by atoms with Crippen molar-refractivity contribution in [1.82, 2.24) is 4.90 Å². The molecule has 1 saturated heterocycles. The molecule has 0 aromatic heterocycles. The number of hydrogen-bond donors (Lipinski definition) is 0. The van der Waals surface area contributed by atoms with Gasteiger partial charge in [0.1, 0.15) is 5.41 Å². The molecule has 2 aromatic rings. The first-order valence-corrected chi connectivity index (χ1v) is 7.30. The van der Waals surface area contributed by atoms with E-state index in [0.29, 0.717) is 6.54 Å². The summed E-state index contributed by atoms with van der Waals surface area (Å²) < 4.78 is 0. The van der Waals surface area contributed by atoms with Gasteiger partial charge < -0.3 is 4.90 Å². The summed E-state index contributed by atoms with van der Waals surface area (Å²) >= 11 is 0. The Balaban J connectivity index is 2.14. The van der Waals surface area contributed by atoms with Crippen LogP contribution in [0, 0.1) is 0 Å². The van der Waals surface area contributed by atoms with Crippen LogP contribution in [0.2, 0.25) is 0 Å². The third-order valence-corrected chi connectivity index (χ3v) is 4.29. The molecule has 0 bridgehead atoms. The van der Waals surface area contributed by atoms with E-state index in [1.54, 1.807) is 6.08 Å². The lowest BCUT2D eigenvalue weighted by atomic mass is 9.73. The molecule has 1 aliphatic rings. The minimum absolute atomic E-state index is 0.180. The van der Waals surface area contributed by atoms with Crippen molar-refractivity contribution >= 4 is 5.91 Å². The summed E-state index contributed by atoms with van der Waals surface area (Å²) in [5.74, 6) is 0.180. The van der Waals surface area contributed by atoms with Crippen molar-refractivity contribution < 1.29 is 4.79 Å². The second-order valence-corrected chi connectivity index (χ2v) is 5.43. The van der Waals surface area contributed by atoms with Crippen molar-refractivity contribution in [2.24, 2.45) is 0 Å². The van der Waals surface area contributed by atoms with E-state index < -0.39 is 5.41 Å². The van der Waals surface area contributed by atoms with Crippen LogP contribution in [0.3, 0.4) is 0 Å². The van der Waals surface area contributed by atoms with Gasteiger partial charge in [-0.2, -0.15) is 0 Å². The van der Waals surface area contributed by atoms with E-state index in [-0.39, 0.29) is 5.91 Å². The molecular weight excluding hydrogens is 258 g/mol. The Morgan fingerprint density at radius 2 is 1.52 bits per heavy atom. The van der Waals surface area contributed by atoms with Crippen molar-refractivity contribution in [2.45, 2.75) is 11.8 Å². The van der Waals surface area contributed by atoms with Crippen LogP contribution in [0.4, 0.5) is 0 Å². The predicted octanol–water partition coefficient (Wildman–Crippen LogP) is 3.39. The first kappa shape index (κ1) is 13.6. The molecule has 1 amide bonds. The third kappa shape index (κ3) is 2.17. The number of carbonyl (C=O) groups is 1. The molecule has 0 N–H and O–H groups in total. The zero-order valence-electron chi connectivity index (χ0n) is 12.0. The fourth-order valence-electron chi connectivity index (χ4n) is 3.26. The summed E-state index contributed by atoms with van der Waals surface area (Å²) in [6.45, 7) is 5.14. The lowest BCUT2D eigenvalue weighted by molar-refractivity contribution is -0.130. The number of amides is 1. The van der Waals surface area contributed by atoms with Crippen molar-refractivity contribution in [2.75, 3.05) is 13.1 Å². The van der Waals surface area contributed by atoms with Crippen LogP contribution in [-0.4, -0.2) is 23.9 Å². The second kappa shape index (κ2) is 5.57. The van der Waals surface area contributed by atoms with E-state index in [0.717, 1.165) is 24.1 Å². The van der Waals surface area contributed by atoms with E-state index >= 15 is 0 Å². The summed E-state index contributed by atoms with van der Waals surface area (Å²) in [5.41, 5.74) is 1.60. The molecule has 0 spiro atoms. The van der Waals surface area contributed by atoms with E-state index in [2.05, 4.69) is 30.8 Å². The van der Waals surface area contributed by atoms with Crippen molar-refractivity contribution in [1.29, 1.82) is 0 Å². The Bertz CT molecular complexity index is 594. The van der Waals surface area contributed by atoms with Crippen LogP contribution in [0.25, 0.3) is 0 Å². The van der Waals surface area contributed by atoms with Gasteiger partial charge in [-0.1, -0.05) is 66.7 Å². The van der Waals surface area contributed by atoms with Crippen LogP contribution in [0.1, 0.15) is 17.5 Å². The van der Waals surface area contributed by atoms with Gasteiger partial charge in [0.05, 0.1) is 0 Å². The smallest absolute Gasteiger partial charge is 0.238 e. The van der Waals surface area contributed by atoms with Crippen LogP contribution >= 0.6 is 0 Å². The average molecular weight is 277 g/mol. The molecular formula is C19H19NO. The van der Waals surface area contributed by atoms with E-state index in [1.165, 1.54) is 0 Å². The Hall–Kier alpha value is -2.35. The molecule has 21 heavy (non-hydrogen) atoms. The summed E-state index contributed by atoms with van der Waals surface area (Å²) in [7, 11) is 0. The lowest BCUT2D eigenvalue weighted by Gasteiger charge is -2.29. The van der Waals surface area contributed by atoms with Gasteiger partial charge in [-0.3, -0.25) is 4.79 Å². The number of hydrogen-bond acceptors (Lipinski definition) is 1. The molecule has 0 saturated carbocycles. The highest BCUT2D eigenvalue weighted by Gasteiger charge is 2.48. The molecule has 0 unspecified atom stereocenters. The normalized spacial score (nSPS) is 17.0. The second-order valence-electron chi connectivity index (χ2n) is 5.43. The van der Waals surface area contributed by atoms with Gasteiger partial charge in [0.15, 0.2) is 0 Å². The third-order valence-electron chi connectivity index (χ3n) is 4.29. The van der Waals surface area contributed by atoms with E-state index in [1.807, 2.05) is 41.3 Å². The highest BCUT2D eigenvalue weighted by Crippen LogP contribution is 2.41.